The molecule has 2 rings (SSSR count). The fourth-order valence-corrected chi connectivity index (χ4v) is 2.84. The molecule has 1 atom stereocenters. The minimum Gasteiger partial charge on any atom is -0.447 e. The highest BCUT2D eigenvalue weighted by Crippen LogP contribution is 2.35. The van der Waals surface area contributed by atoms with Crippen LogP contribution in [0.3, 0.4) is 0 Å². The molecule has 1 aromatic carbocycles. The predicted octanol–water partition coefficient (Wildman–Crippen LogP) is 2.30. The maximum atomic E-state index is 12.5. The molecule has 1 heterocycles. The third-order valence-corrected chi connectivity index (χ3v) is 4.35. The average Bonchev–Trinajstić information content (AvgIpc) is 2.50. The standard InChI is InChI=1S/C17H16BClN2O3/c1-4-21(12-6-5-11(9-20)13(19)7-12)14-10(2)8-17(3,16(18)23)24-15(14)22/h4-7H,1,8,18H2,2-3H3. The largest absolute Gasteiger partial charge is 0.447 e. The maximum Gasteiger partial charge on any atom is 0.356 e. The van der Waals surface area contributed by atoms with Crippen LogP contribution in [-0.4, -0.2) is 25.1 Å². The summed E-state index contributed by atoms with van der Waals surface area (Å²) in [6.45, 7) is 7.11. The Morgan fingerprint density at radius 2 is 2.25 bits per heavy atom. The summed E-state index contributed by atoms with van der Waals surface area (Å²) in [5.41, 5.74) is 0.562. The molecule has 1 aliphatic heterocycles. The number of carbonyl (C=O) groups excluding carboxylic acids is 2. The van der Waals surface area contributed by atoms with Gasteiger partial charge in [0, 0.05) is 18.3 Å². The lowest BCUT2D eigenvalue weighted by Crippen LogP contribution is -2.46. The van der Waals surface area contributed by atoms with Crippen molar-refractivity contribution in [3.8, 4) is 6.07 Å². The number of benzene rings is 1. The van der Waals surface area contributed by atoms with E-state index < -0.39 is 11.6 Å². The highest BCUT2D eigenvalue weighted by molar-refractivity contribution is 6.60. The molecule has 0 fully saturated rings. The summed E-state index contributed by atoms with van der Waals surface area (Å²) in [5.74, 6) is -0.600. The van der Waals surface area contributed by atoms with E-state index >= 15 is 0 Å². The van der Waals surface area contributed by atoms with Crippen LogP contribution >= 0.6 is 11.6 Å². The van der Waals surface area contributed by atoms with Gasteiger partial charge in [-0.05, 0) is 37.6 Å². The monoisotopic (exact) mass is 342 g/mol. The zero-order valence-electron chi connectivity index (χ0n) is 13.7. The Morgan fingerprint density at radius 1 is 1.58 bits per heavy atom. The summed E-state index contributed by atoms with van der Waals surface area (Å²) in [7, 11) is 1.40. The van der Waals surface area contributed by atoms with E-state index in [-0.39, 0.29) is 10.7 Å². The van der Waals surface area contributed by atoms with Crippen LogP contribution in [-0.2, 0) is 14.3 Å². The zero-order valence-corrected chi connectivity index (χ0v) is 14.5. The Morgan fingerprint density at radius 3 is 2.71 bits per heavy atom. The second-order valence-electron chi connectivity index (χ2n) is 5.81. The van der Waals surface area contributed by atoms with E-state index in [4.69, 9.17) is 21.6 Å². The summed E-state index contributed by atoms with van der Waals surface area (Å²) >= 11 is 6.07. The number of hydrogen-bond acceptors (Lipinski definition) is 5. The molecular weight excluding hydrogens is 326 g/mol. The van der Waals surface area contributed by atoms with Crippen molar-refractivity contribution >= 4 is 36.8 Å². The Kier molecular flexibility index (Phi) is 4.86. The molecule has 5 nitrogen and oxygen atoms in total. The third kappa shape index (κ3) is 3.08. The van der Waals surface area contributed by atoms with Crippen molar-refractivity contribution in [2.75, 3.05) is 4.90 Å². The molecule has 1 aliphatic rings. The lowest BCUT2D eigenvalue weighted by atomic mass is 9.80. The molecule has 0 bridgehead atoms. The van der Waals surface area contributed by atoms with Gasteiger partial charge in [-0.3, -0.25) is 0 Å². The number of nitriles is 1. The van der Waals surface area contributed by atoms with Gasteiger partial charge >= 0.3 is 5.97 Å². The molecule has 7 heteroatoms. The highest BCUT2D eigenvalue weighted by atomic mass is 35.5. The first-order chi connectivity index (χ1) is 11.2. The second-order valence-corrected chi connectivity index (χ2v) is 6.22. The van der Waals surface area contributed by atoms with E-state index in [9.17, 15) is 9.59 Å². The molecule has 1 unspecified atom stereocenters. The third-order valence-electron chi connectivity index (χ3n) is 4.04. The van der Waals surface area contributed by atoms with Gasteiger partial charge in [-0.25, -0.2) is 4.79 Å². The topological polar surface area (TPSA) is 70.4 Å². The molecule has 0 aromatic heterocycles. The first kappa shape index (κ1) is 17.8. The fourth-order valence-electron chi connectivity index (χ4n) is 2.62. The summed E-state index contributed by atoms with van der Waals surface area (Å²) < 4.78 is 5.38. The van der Waals surface area contributed by atoms with Gasteiger partial charge in [0.2, 0.25) is 0 Å². The first-order valence-electron chi connectivity index (χ1n) is 7.29. The highest BCUT2D eigenvalue weighted by Gasteiger charge is 2.41. The van der Waals surface area contributed by atoms with Crippen LogP contribution in [0, 0.1) is 11.3 Å². The van der Waals surface area contributed by atoms with Crippen LogP contribution in [0.15, 0.2) is 42.2 Å². The molecule has 0 radical (unpaired) electrons. The minimum absolute atomic E-state index is 0.208. The molecule has 122 valence electrons. The molecule has 24 heavy (non-hydrogen) atoms. The number of hydrogen-bond donors (Lipinski definition) is 0. The molecular formula is C17H16BClN2O3. The lowest BCUT2D eigenvalue weighted by Gasteiger charge is -2.36. The smallest absolute Gasteiger partial charge is 0.356 e. The van der Waals surface area contributed by atoms with E-state index in [1.807, 2.05) is 6.07 Å². The molecule has 0 saturated carbocycles. The molecule has 0 spiro atoms. The van der Waals surface area contributed by atoms with Crippen molar-refractivity contribution in [3.05, 3.63) is 52.8 Å². The van der Waals surface area contributed by atoms with Gasteiger partial charge in [0.1, 0.15) is 17.4 Å². The number of halogens is 1. The van der Waals surface area contributed by atoms with Gasteiger partial charge in [0.05, 0.1) is 10.6 Å². The SMILES string of the molecule is BC(=O)C1(C)CC(C)=C(N(C=C)c2ccc(C#N)c(Cl)c2)C(=O)O1. The average molecular weight is 343 g/mol. The van der Waals surface area contributed by atoms with Gasteiger partial charge < -0.3 is 14.4 Å². The number of esters is 1. The summed E-state index contributed by atoms with van der Waals surface area (Å²) in [5, 5.41) is 9.24. The van der Waals surface area contributed by atoms with Crippen molar-refractivity contribution in [2.45, 2.75) is 25.9 Å². The Balaban J connectivity index is 2.50. The van der Waals surface area contributed by atoms with Gasteiger partial charge in [-0.15, -0.1) is 0 Å². The number of cyclic esters (lactones) is 1. The number of nitrogens with zero attached hydrogens (tertiary/aromatic N) is 2. The summed E-state index contributed by atoms with van der Waals surface area (Å²) in [6, 6.07) is 6.79. The Bertz CT molecular complexity index is 813. The number of anilines is 1. The Hall–Kier alpha value is -2.52. The number of carbonyl (C=O) groups is 2. The van der Waals surface area contributed by atoms with Crippen LogP contribution in [0.5, 0.6) is 0 Å². The van der Waals surface area contributed by atoms with Crippen LogP contribution in [0.25, 0.3) is 0 Å². The summed E-state index contributed by atoms with van der Waals surface area (Å²) in [4.78, 5) is 25.8. The van der Waals surface area contributed by atoms with Crippen LogP contribution in [0.4, 0.5) is 5.69 Å². The second kappa shape index (κ2) is 6.54. The van der Waals surface area contributed by atoms with E-state index in [1.54, 1.807) is 36.9 Å². The Labute approximate surface area is 146 Å². The fraction of sp³-hybridized carbons (Fsp3) is 0.235. The van der Waals surface area contributed by atoms with Crippen molar-refractivity contribution in [3.63, 3.8) is 0 Å². The summed E-state index contributed by atoms with van der Waals surface area (Å²) in [6.07, 6.45) is 1.77. The van der Waals surface area contributed by atoms with Crippen molar-refractivity contribution in [2.24, 2.45) is 0 Å². The van der Waals surface area contributed by atoms with Crippen LogP contribution < -0.4 is 4.90 Å². The number of ether oxygens (including phenoxy) is 1. The molecule has 0 amide bonds. The van der Waals surface area contributed by atoms with E-state index in [0.717, 1.165) is 0 Å². The van der Waals surface area contributed by atoms with Gasteiger partial charge in [-0.1, -0.05) is 18.2 Å². The first-order valence-corrected chi connectivity index (χ1v) is 7.67. The van der Waals surface area contributed by atoms with Gasteiger partial charge in [0.25, 0.3) is 0 Å². The maximum absolute atomic E-state index is 12.5. The van der Waals surface area contributed by atoms with Gasteiger partial charge in [0.15, 0.2) is 13.4 Å². The van der Waals surface area contributed by atoms with Crippen LogP contribution in [0.2, 0.25) is 5.02 Å². The normalized spacial score (nSPS) is 20.2. The van der Waals surface area contributed by atoms with Crippen molar-refractivity contribution in [1.82, 2.24) is 0 Å². The van der Waals surface area contributed by atoms with E-state index in [1.165, 1.54) is 14.0 Å². The van der Waals surface area contributed by atoms with E-state index in [2.05, 4.69) is 6.58 Å². The zero-order chi connectivity index (χ0) is 18.1. The number of rotatable bonds is 4. The molecule has 0 aliphatic carbocycles. The van der Waals surface area contributed by atoms with E-state index in [0.29, 0.717) is 28.9 Å². The predicted molar refractivity (Wildman–Crippen MR) is 94.2 cm³/mol. The quantitative estimate of drug-likeness (QED) is 0.620. The molecule has 1 aromatic rings. The molecule has 0 saturated heterocycles. The molecule has 0 N–H and O–H groups in total. The van der Waals surface area contributed by atoms with Crippen molar-refractivity contribution in [1.29, 1.82) is 5.26 Å². The van der Waals surface area contributed by atoms with Crippen LogP contribution in [0.1, 0.15) is 25.8 Å². The minimum atomic E-state index is -1.15. The lowest BCUT2D eigenvalue weighted by molar-refractivity contribution is -0.160. The van der Waals surface area contributed by atoms with Crippen molar-refractivity contribution < 1.29 is 14.3 Å². The van der Waals surface area contributed by atoms with Gasteiger partial charge in [-0.2, -0.15) is 5.26 Å².